The summed E-state index contributed by atoms with van der Waals surface area (Å²) in [5.41, 5.74) is 2.02. The Hall–Kier alpha value is -4.60. The molecule has 0 saturated carbocycles. The standard InChI is InChI=1S/C33H37F2N3O5/c1-23(2)29(38-28(39)21-36-32(42)43-22-26-16-10-5-11-17-26)31(41)37-27(20-25-14-8-4-9-15-25)30(40)33(34,35)19-18-24-12-6-3-7-13-24/h3-17,23,27,29H,18-22H2,1-2H3,(H,36,42)(H,37,41)(H,38,39)/t27-,29-/m0/s1. The van der Waals surface area contributed by atoms with E-state index in [-0.39, 0.29) is 19.4 Å². The lowest BCUT2D eigenvalue weighted by Crippen LogP contribution is -2.57. The number of alkyl halides is 2. The lowest BCUT2D eigenvalue weighted by atomic mass is 9.94. The van der Waals surface area contributed by atoms with Crippen molar-refractivity contribution in [1.82, 2.24) is 16.0 Å². The van der Waals surface area contributed by atoms with Crippen LogP contribution in [0.4, 0.5) is 13.6 Å². The molecule has 0 aliphatic heterocycles. The maximum absolute atomic E-state index is 15.2. The minimum absolute atomic E-state index is 0.0120. The molecule has 0 heterocycles. The van der Waals surface area contributed by atoms with Crippen LogP contribution in [0.1, 0.15) is 37.0 Å². The summed E-state index contributed by atoms with van der Waals surface area (Å²) in [6.45, 7) is 2.86. The Kier molecular flexibility index (Phi) is 12.4. The van der Waals surface area contributed by atoms with Gasteiger partial charge in [-0.3, -0.25) is 14.4 Å². The number of ether oxygens (including phenoxy) is 1. The molecule has 0 spiro atoms. The normalized spacial score (nSPS) is 12.6. The number of nitrogens with one attached hydrogen (secondary N) is 3. The number of ketones is 1. The van der Waals surface area contributed by atoms with Gasteiger partial charge in [0.25, 0.3) is 0 Å². The molecule has 3 aromatic rings. The van der Waals surface area contributed by atoms with E-state index < -0.39 is 60.6 Å². The summed E-state index contributed by atoms with van der Waals surface area (Å²) in [4.78, 5) is 51.1. The SMILES string of the molecule is CC(C)[C@H](NC(=O)CNC(=O)OCc1ccccc1)C(=O)N[C@@H](Cc1ccccc1)C(=O)C(F)(F)CCc1ccccc1. The highest BCUT2D eigenvalue weighted by atomic mass is 19.3. The van der Waals surface area contributed by atoms with Crippen LogP contribution >= 0.6 is 0 Å². The molecule has 3 aromatic carbocycles. The van der Waals surface area contributed by atoms with E-state index in [0.717, 1.165) is 5.56 Å². The Labute approximate surface area is 250 Å². The number of alkyl carbamates (subject to hydrolysis) is 1. The molecule has 0 aliphatic carbocycles. The molecular weight excluding hydrogens is 556 g/mol. The molecule has 228 valence electrons. The van der Waals surface area contributed by atoms with Crippen LogP contribution in [0.25, 0.3) is 0 Å². The molecule has 0 bridgehead atoms. The maximum atomic E-state index is 15.2. The monoisotopic (exact) mass is 593 g/mol. The molecule has 43 heavy (non-hydrogen) atoms. The minimum Gasteiger partial charge on any atom is -0.445 e. The Morgan fingerprint density at radius 2 is 1.30 bits per heavy atom. The summed E-state index contributed by atoms with van der Waals surface area (Å²) < 4.78 is 35.5. The van der Waals surface area contributed by atoms with E-state index >= 15 is 8.78 Å². The van der Waals surface area contributed by atoms with E-state index in [1.807, 2.05) is 6.07 Å². The van der Waals surface area contributed by atoms with E-state index in [9.17, 15) is 19.2 Å². The van der Waals surface area contributed by atoms with Gasteiger partial charge < -0.3 is 20.7 Å². The smallest absolute Gasteiger partial charge is 0.407 e. The second-order valence-electron chi connectivity index (χ2n) is 10.5. The number of hydrogen-bond donors (Lipinski definition) is 3. The van der Waals surface area contributed by atoms with Crippen LogP contribution in [0.2, 0.25) is 0 Å². The Morgan fingerprint density at radius 1 is 0.767 bits per heavy atom. The topological polar surface area (TPSA) is 114 Å². The van der Waals surface area contributed by atoms with Gasteiger partial charge in [0.1, 0.15) is 19.2 Å². The molecule has 3 N–H and O–H groups in total. The average molecular weight is 594 g/mol. The fourth-order valence-electron chi connectivity index (χ4n) is 4.33. The van der Waals surface area contributed by atoms with Gasteiger partial charge in [0.05, 0.1) is 6.04 Å². The fraction of sp³-hybridized carbons (Fsp3) is 0.333. The predicted octanol–water partition coefficient (Wildman–Crippen LogP) is 4.62. The van der Waals surface area contributed by atoms with Crippen LogP contribution in [0.15, 0.2) is 91.0 Å². The Morgan fingerprint density at radius 3 is 1.86 bits per heavy atom. The van der Waals surface area contributed by atoms with Crippen molar-refractivity contribution in [2.45, 2.75) is 57.7 Å². The summed E-state index contributed by atoms with van der Waals surface area (Å²) in [5.74, 6) is -7.05. The van der Waals surface area contributed by atoms with Crippen LogP contribution in [0.5, 0.6) is 0 Å². The van der Waals surface area contributed by atoms with E-state index in [4.69, 9.17) is 4.74 Å². The molecule has 2 atom stereocenters. The third-order valence-electron chi connectivity index (χ3n) is 6.72. The number of amides is 3. The van der Waals surface area contributed by atoms with E-state index in [1.54, 1.807) is 98.8 Å². The second kappa shape index (κ2) is 16.1. The lowest BCUT2D eigenvalue weighted by molar-refractivity contribution is -0.148. The quantitative estimate of drug-likeness (QED) is 0.238. The summed E-state index contributed by atoms with van der Waals surface area (Å²) in [7, 11) is 0. The van der Waals surface area contributed by atoms with Crippen molar-refractivity contribution in [3.05, 3.63) is 108 Å². The molecule has 0 aromatic heterocycles. The van der Waals surface area contributed by atoms with E-state index in [1.165, 1.54) is 0 Å². The minimum atomic E-state index is -3.71. The summed E-state index contributed by atoms with van der Waals surface area (Å²) in [6.07, 6.45) is -1.71. The Bertz CT molecular complexity index is 1340. The molecule has 3 amide bonds. The highest BCUT2D eigenvalue weighted by Crippen LogP contribution is 2.25. The molecular formula is C33H37F2N3O5. The third-order valence-corrected chi connectivity index (χ3v) is 6.72. The largest absolute Gasteiger partial charge is 0.445 e. The summed E-state index contributed by atoms with van der Waals surface area (Å²) in [5, 5.41) is 7.30. The second-order valence-corrected chi connectivity index (χ2v) is 10.5. The highest BCUT2D eigenvalue weighted by molar-refractivity contribution is 5.96. The average Bonchev–Trinajstić information content (AvgIpc) is 3.01. The van der Waals surface area contributed by atoms with Crippen molar-refractivity contribution >= 4 is 23.7 Å². The van der Waals surface area contributed by atoms with Gasteiger partial charge in [0, 0.05) is 6.42 Å². The van der Waals surface area contributed by atoms with Crippen molar-refractivity contribution in [2.24, 2.45) is 5.92 Å². The van der Waals surface area contributed by atoms with Crippen LogP contribution in [-0.4, -0.2) is 48.2 Å². The lowest BCUT2D eigenvalue weighted by Gasteiger charge is -2.27. The Balaban J connectivity index is 1.63. The first kappa shape index (κ1) is 32.9. The van der Waals surface area contributed by atoms with Crippen molar-refractivity contribution in [3.63, 3.8) is 0 Å². The van der Waals surface area contributed by atoms with E-state index in [2.05, 4.69) is 16.0 Å². The number of rotatable bonds is 15. The molecule has 0 fully saturated rings. The molecule has 0 aliphatic rings. The first-order valence-electron chi connectivity index (χ1n) is 14.1. The van der Waals surface area contributed by atoms with Gasteiger partial charge in [-0.2, -0.15) is 8.78 Å². The molecule has 8 nitrogen and oxygen atoms in total. The first-order chi connectivity index (χ1) is 20.5. The van der Waals surface area contributed by atoms with E-state index in [0.29, 0.717) is 11.1 Å². The maximum Gasteiger partial charge on any atom is 0.407 e. The zero-order chi connectivity index (χ0) is 31.2. The van der Waals surface area contributed by atoms with Gasteiger partial charge in [-0.05, 0) is 35.4 Å². The van der Waals surface area contributed by atoms with Crippen molar-refractivity contribution in [1.29, 1.82) is 0 Å². The van der Waals surface area contributed by atoms with Crippen LogP contribution in [0, 0.1) is 5.92 Å². The van der Waals surface area contributed by atoms with Gasteiger partial charge in [0.2, 0.25) is 17.6 Å². The fourth-order valence-corrected chi connectivity index (χ4v) is 4.33. The number of aryl methyl sites for hydroxylation is 1. The van der Waals surface area contributed by atoms with Crippen molar-refractivity contribution in [3.8, 4) is 0 Å². The number of hydrogen-bond acceptors (Lipinski definition) is 5. The number of halogens is 2. The van der Waals surface area contributed by atoms with Crippen LogP contribution in [-0.2, 0) is 38.6 Å². The predicted molar refractivity (Wildman–Crippen MR) is 158 cm³/mol. The van der Waals surface area contributed by atoms with Crippen molar-refractivity contribution < 1.29 is 32.7 Å². The molecule has 0 radical (unpaired) electrons. The molecule has 0 unspecified atom stereocenters. The van der Waals surface area contributed by atoms with Gasteiger partial charge >= 0.3 is 12.0 Å². The molecule has 10 heteroatoms. The zero-order valence-corrected chi connectivity index (χ0v) is 24.2. The number of carbonyl (C=O) groups is 4. The zero-order valence-electron chi connectivity index (χ0n) is 24.2. The van der Waals surface area contributed by atoms with Gasteiger partial charge in [-0.15, -0.1) is 0 Å². The number of carbonyl (C=O) groups excluding carboxylic acids is 4. The summed E-state index contributed by atoms with van der Waals surface area (Å²) >= 11 is 0. The van der Waals surface area contributed by atoms with Gasteiger partial charge in [-0.1, -0.05) is 105 Å². The van der Waals surface area contributed by atoms with Crippen LogP contribution in [0.3, 0.4) is 0 Å². The van der Waals surface area contributed by atoms with Crippen LogP contribution < -0.4 is 16.0 Å². The summed E-state index contributed by atoms with van der Waals surface area (Å²) in [6, 6.07) is 23.5. The van der Waals surface area contributed by atoms with Gasteiger partial charge in [-0.25, -0.2) is 4.79 Å². The number of Topliss-reactive ketones (excluding diaryl/α,β-unsaturated/α-hetero) is 1. The molecule has 0 saturated heterocycles. The van der Waals surface area contributed by atoms with Gasteiger partial charge in [0.15, 0.2) is 0 Å². The number of benzene rings is 3. The third kappa shape index (κ3) is 11.0. The molecule has 3 rings (SSSR count). The van der Waals surface area contributed by atoms with Crippen molar-refractivity contribution in [2.75, 3.05) is 6.54 Å². The first-order valence-corrected chi connectivity index (χ1v) is 14.1. The highest BCUT2D eigenvalue weighted by Gasteiger charge is 2.43.